The topological polar surface area (TPSA) is 75.9 Å². The monoisotopic (exact) mass is 386 g/mol. The number of anilines is 1. The zero-order valence-corrected chi connectivity index (χ0v) is 17.9. The minimum atomic E-state index is -0.139. The summed E-state index contributed by atoms with van der Waals surface area (Å²) in [6.45, 7) is 13.8. The molecule has 0 saturated carbocycles. The van der Waals surface area contributed by atoms with Gasteiger partial charge in [0.2, 0.25) is 5.91 Å². The number of carbonyl (C=O) groups is 1. The molecule has 0 aromatic carbocycles. The Balaban J connectivity index is 2.06. The second kappa shape index (κ2) is 10.3. The zero-order chi connectivity index (χ0) is 20.6. The van der Waals surface area contributed by atoms with E-state index in [1.165, 1.54) is 0 Å². The minimum absolute atomic E-state index is 0.00881. The second-order valence-corrected chi connectivity index (χ2v) is 8.12. The highest BCUT2D eigenvalue weighted by molar-refractivity contribution is 5.90. The fourth-order valence-electron chi connectivity index (χ4n) is 3.03. The average molecular weight is 387 g/mol. The molecule has 0 fully saturated rings. The van der Waals surface area contributed by atoms with Crippen LogP contribution in [0, 0.1) is 0 Å². The van der Waals surface area contributed by atoms with Crippen LogP contribution in [0.5, 0.6) is 0 Å². The lowest BCUT2D eigenvalue weighted by atomic mass is 9.92. The lowest BCUT2D eigenvalue weighted by molar-refractivity contribution is -0.116. The fourth-order valence-corrected chi connectivity index (χ4v) is 3.03. The number of carbonyl (C=O) groups excluding carboxylic acids is 1. The molecule has 7 heteroatoms. The van der Waals surface area contributed by atoms with Crippen molar-refractivity contribution in [3.63, 3.8) is 0 Å². The van der Waals surface area contributed by atoms with E-state index in [0.29, 0.717) is 18.2 Å². The predicted octanol–water partition coefficient (Wildman–Crippen LogP) is 3.80. The summed E-state index contributed by atoms with van der Waals surface area (Å²) < 4.78 is 1.61. The van der Waals surface area contributed by atoms with Crippen LogP contribution in [-0.2, 0) is 10.2 Å². The van der Waals surface area contributed by atoms with Crippen LogP contribution in [0.25, 0.3) is 5.95 Å². The van der Waals surface area contributed by atoms with Crippen LogP contribution in [0.15, 0.2) is 24.5 Å². The summed E-state index contributed by atoms with van der Waals surface area (Å²) in [5.74, 6) is 1.05. The molecular formula is C21H34N6O. The van der Waals surface area contributed by atoms with Crippen LogP contribution < -0.4 is 5.32 Å². The molecule has 2 aromatic heterocycles. The minimum Gasteiger partial charge on any atom is -0.310 e. The number of amides is 1. The Hall–Kier alpha value is -2.28. The molecule has 0 spiro atoms. The van der Waals surface area contributed by atoms with E-state index in [-0.39, 0.29) is 11.3 Å². The molecule has 0 unspecified atom stereocenters. The van der Waals surface area contributed by atoms with Crippen molar-refractivity contribution in [3.05, 3.63) is 30.2 Å². The molecule has 2 aromatic rings. The summed E-state index contributed by atoms with van der Waals surface area (Å²) >= 11 is 0. The number of hydrogen-bond acceptors (Lipinski definition) is 5. The summed E-state index contributed by atoms with van der Waals surface area (Å²) in [5.41, 5.74) is 0.743. The molecule has 1 amide bonds. The van der Waals surface area contributed by atoms with Gasteiger partial charge in [-0.15, -0.1) is 0 Å². The molecule has 0 bridgehead atoms. The van der Waals surface area contributed by atoms with Crippen LogP contribution in [0.4, 0.5) is 5.82 Å². The Morgan fingerprint density at radius 1 is 1.11 bits per heavy atom. The van der Waals surface area contributed by atoms with E-state index in [1.54, 1.807) is 23.1 Å². The molecule has 0 aliphatic carbocycles. The maximum Gasteiger partial charge on any atom is 0.252 e. The third-order valence-corrected chi connectivity index (χ3v) is 4.44. The maximum atomic E-state index is 12.5. The Morgan fingerprint density at radius 2 is 1.75 bits per heavy atom. The Morgan fingerprint density at radius 3 is 2.32 bits per heavy atom. The van der Waals surface area contributed by atoms with Crippen molar-refractivity contribution >= 4 is 11.7 Å². The first-order valence-corrected chi connectivity index (χ1v) is 10.2. The van der Waals surface area contributed by atoms with Crippen molar-refractivity contribution in [1.29, 1.82) is 0 Å². The highest BCUT2D eigenvalue weighted by atomic mass is 16.1. The standard InChI is InChI=1S/C21H34N6O/c1-6-13-26(14-7-2)15-8-10-19(28)24-18-16-17(21(3,4)5)25-27(18)20-22-11-9-12-23-20/h9,11-12,16H,6-8,10,13-15H2,1-5H3,(H,24,28). The molecule has 1 N–H and O–H groups in total. The second-order valence-electron chi connectivity index (χ2n) is 8.12. The van der Waals surface area contributed by atoms with E-state index >= 15 is 0 Å². The smallest absolute Gasteiger partial charge is 0.252 e. The first-order valence-electron chi connectivity index (χ1n) is 10.2. The van der Waals surface area contributed by atoms with Crippen LogP contribution in [0.2, 0.25) is 0 Å². The largest absolute Gasteiger partial charge is 0.310 e. The lowest BCUT2D eigenvalue weighted by Crippen LogP contribution is -2.27. The van der Waals surface area contributed by atoms with E-state index in [4.69, 9.17) is 0 Å². The van der Waals surface area contributed by atoms with Gasteiger partial charge >= 0.3 is 0 Å². The van der Waals surface area contributed by atoms with Crippen molar-refractivity contribution in [2.75, 3.05) is 25.0 Å². The summed E-state index contributed by atoms with van der Waals surface area (Å²) in [5, 5.41) is 7.63. The Labute approximate surface area is 168 Å². The molecule has 0 saturated heterocycles. The molecule has 28 heavy (non-hydrogen) atoms. The van der Waals surface area contributed by atoms with E-state index in [9.17, 15) is 4.79 Å². The van der Waals surface area contributed by atoms with Gasteiger partial charge in [0.25, 0.3) is 5.95 Å². The van der Waals surface area contributed by atoms with Gasteiger partial charge in [0.15, 0.2) is 0 Å². The molecule has 2 rings (SSSR count). The van der Waals surface area contributed by atoms with Crippen molar-refractivity contribution in [2.45, 2.75) is 65.7 Å². The fraction of sp³-hybridized carbons (Fsp3) is 0.619. The van der Waals surface area contributed by atoms with Gasteiger partial charge in [-0.25, -0.2) is 9.97 Å². The van der Waals surface area contributed by atoms with Gasteiger partial charge in [-0.3, -0.25) is 4.79 Å². The summed E-state index contributed by atoms with van der Waals surface area (Å²) in [6.07, 6.45) is 6.93. The first-order chi connectivity index (χ1) is 13.3. The first kappa shape index (κ1) is 22.0. The molecule has 154 valence electrons. The highest BCUT2D eigenvalue weighted by Gasteiger charge is 2.22. The van der Waals surface area contributed by atoms with Gasteiger partial charge < -0.3 is 10.2 Å². The summed E-state index contributed by atoms with van der Waals surface area (Å²) in [4.78, 5) is 23.5. The molecule has 7 nitrogen and oxygen atoms in total. The van der Waals surface area contributed by atoms with Crippen LogP contribution in [0.1, 0.15) is 66.0 Å². The van der Waals surface area contributed by atoms with E-state index in [0.717, 1.165) is 44.6 Å². The van der Waals surface area contributed by atoms with Gasteiger partial charge in [-0.1, -0.05) is 34.6 Å². The quantitative estimate of drug-likeness (QED) is 0.672. The van der Waals surface area contributed by atoms with Crippen LogP contribution in [-0.4, -0.2) is 50.2 Å². The van der Waals surface area contributed by atoms with Crippen molar-refractivity contribution in [3.8, 4) is 5.95 Å². The van der Waals surface area contributed by atoms with Gasteiger partial charge in [0.1, 0.15) is 5.82 Å². The predicted molar refractivity (Wildman–Crippen MR) is 113 cm³/mol. The zero-order valence-electron chi connectivity index (χ0n) is 17.9. The van der Waals surface area contributed by atoms with Crippen molar-refractivity contribution < 1.29 is 4.79 Å². The Kier molecular flexibility index (Phi) is 8.11. The number of rotatable bonds is 10. The van der Waals surface area contributed by atoms with Gasteiger partial charge in [0, 0.05) is 30.3 Å². The maximum absolute atomic E-state index is 12.5. The van der Waals surface area contributed by atoms with E-state index in [2.05, 4.69) is 59.9 Å². The molecule has 0 aliphatic heterocycles. The van der Waals surface area contributed by atoms with Crippen molar-refractivity contribution in [1.82, 2.24) is 24.6 Å². The third kappa shape index (κ3) is 6.41. The molecular weight excluding hydrogens is 352 g/mol. The molecule has 0 radical (unpaired) electrons. The van der Waals surface area contributed by atoms with Gasteiger partial charge in [-0.2, -0.15) is 9.78 Å². The van der Waals surface area contributed by atoms with Gasteiger partial charge in [0.05, 0.1) is 5.69 Å². The molecule has 0 atom stereocenters. The normalized spacial score (nSPS) is 11.8. The number of nitrogens with zero attached hydrogens (tertiary/aromatic N) is 5. The Bertz CT molecular complexity index is 729. The third-order valence-electron chi connectivity index (χ3n) is 4.44. The van der Waals surface area contributed by atoms with Crippen LogP contribution >= 0.6 is 0 Å². The average Bonchev–Trinajstić information content (AvgIpc) is 3.07. The molecule has 0 aliphatic rings. The number of nitrogens with one attached hydrogen (secondary N) is 1. The number of hydrogen-bond donors (Lipinski definition) is 1. The SMILES string of the molecule is CCCN(CCC)CCCC(=O)Nc1cc(C(C)(C)C)nn1-c1ncccn1. The van der Waals surface area contributed by atoms with E-state index < -0.39 is 0 Å². The lowest BCUT2D eigenvalue weighted by Gasteiger charge is -2.20. The summed E-state index contributed by atoms with van der Waals surface area (Å²) in [7, 11) is 0. The van der Waals surface area contributed by atoms with Crippen LogP contribution in [0.3, 0.4) is 0 Å². The van der Waals surface area contributed by atoms with E-state index in [1.807, 2.05) is 6.07 Å². The number of aromatic nitrogens is 4. The highest BCUT2D eigenvalue weighted by Crippen LogP contribution is 2.25. The molecule has 2 heterocycles. The van der Waals surface area contributed by atoms with Crippen molar-refractivity contribution in [2.24, 2.45) is 0 Å². The summed E-state index contributed by atoms with van der Waals surface area (Å²) in [6, 6.07) is 3.67. The van der Waals surface area contributed by atoms with Gasteiger partial charge in [-0.05, 0) is 45.0 Å².